The second-order valence-electron chi connectivity index (χ2n) is 5.50. The average Bonchev–Trinajstić information content (AvgIpc) is 2.94. The number of H-pyrrole nitrogens is 1. The summed E-state index contributed by atoms with van der Waals surface area (Å²) in [5.41, 5.74) is 3.67. The van der Waals surface area contributed by atoms with E-state index in [1.807, 2.05) is 43.3 Å². The number of anilines is 2. The number of carbonyl (C=O) groups is 1. The van der Waals surface area contributed by atoms with E-state index in [4.69, 9.17) is 11.6 Å². The van der Waals surface area contributed by atoms with Crippen LogP contribution in [0.2, 0.25) is 5.02 Å². The number of aromatic nitrogens is 2. The van der Waals surface area contributed by atoms with Crippen LogP contribution in [0.15, 0.2) is 53.0 Å². The van der Waals surface area contributed by atoms with Crippen LogP contribution in [0.5, 0.6) is 0 Å². The maximum atomic E-state index is 12.3. The molecular weight excluding hydrogens is 404 g/mol. The molecule has 1 aromatic heterocycles. The Kier molecular flexibility index (Phi) is 5.40. The first kappa shape index (κ1) is 17.5. The normalized spacial score (nSPS) is 10.5. The van der Waals surface area contributed by atoms with E-state index in [1.165, 1.54) is 0 Å². The third-order valence-electron chi connectivity index (χ3n) is 3.64. The van der Waals surface area contributed by atoms with Gasteiger partial charge in [0.05, 0.1) is 15.2 Å². The summed E-state index contributed by atoms with van der Waals surface area (Å²) in [6.45, 7) is 2.50. The van der Waals surface area contributed by atoms with E-state index in [-0.39, 0.29) is 5.91 Å². The van der Waals surface area contributed by atoms with Gasteiger partial charge < -0.3 is 10.6 Å². The van der Waals surface area contributed by atoms with Gasteiger partial charge in [0.1, 0.15) is 0 Å². The van der Waals surface area contributed by atoms with Crippen LogP contribution in [0.3, 0.4) is 0 Å². The van der Waals surface area contributed by atoms with Crippen molar-refractivity contribution in [1.82, 2.24) is 10.2 Å². The second kappa shape index (κ2) is 7.72. The van der Waals surface area contributed by atoms with Gasteiger partial charge >= 0.3 is 0 Å². The number of halogens is 2. The maximum Gasteiger partial charge on any atom is 0.277 e. The summed E-state index contributed by atoms with van der Waals surface area (Å²) in [6, 6.07) is 15.4. The molecule has 0 fully saturated rings. The Balaban J connectivity index is 1.67. The first-order chi connectivity index (χ1) is 12.0. The minimum Gasteiger partial charge on any atom is -0.380 e. The molecular formula is C18H16BrClN4O. The smallest absolute Gasteiger partial charge is 0.277 e. The number of rotatable bonds is 5. The van der Waals surface area contributed by atoms with Gasteiger partial charge in [-0.15, -0.1) is 0 Å². The fourth-order valence-electron chi connectivity index (χ4n) is 2.29. The van der Waals surface area contributed by atoms with Crippen molar-refractivity contribution in [2.45, 2.75) is 13.5 Å². The van der Waals surface area contributed by atoms with E-state index in [1.54, 1.807) is 12.1 Å². The van der Waals surface area contributed by atoms with Gasteiger partial charge in [0, 0.05) is 17.9 Å². The van der Waals surface area contributed by atoms with Gasteiger partial charge in [0.25, 0.3) is 5.91 Å². The molecule has 0 aliphatic heterocycles. The number of amides is 1. The molecule has 7 heteroatoms. The lowest BCUT2D eigenvalue weighted by Crippen LogP contribution is -2.13. The Morgan fingerprint density at radius 1 is 1.24 bits per heavy atom. The number of aromatic amines is 1. The van der Waals surface area contributed by atoms with Crippen molar-refractivity contribution in [3.63, 3.8) is 0 Å². The number of aryl methyl sites for hydroxylation is 1. The van der Waals surface area contributed by atoms with Gasteiger partial charge in [0.2, 0.25) is 0 Å². The minimum absolute atomic E-state index is 0.305. The Morgan fingerprint density at radius 2 is 2.00 bits per heavy atom. The average molecular weight is 420 g/mol. The summed E-state index contributed by atoms with van der Waals surface area (Å²) >= 11 is 9.66. The van der Waals surface area contributed by atoms with Crippen molar-refractivity contribution in [3.05, 3.63) is 75.0 Å². The highest BCUT2D eigenvalue weighted by Gasteiger charge is 2.16. The molecule has 0 unspecified atom stereocenters. The molecule has 0 atom stereocenters. The van der Waals surface area contributed by atoms with Crippen molar-refractivity contribution in [1.29, 1.82) is 0 Å². The lowest BCUT2D eigenvalue weighted by Gasteiger charge is -2.11. The van der Waals surface area contributed by atoms with E-state index < -0.39 is 0 Å². The molecule has 1 amide bonds. The fourth-order valence-corrected chi connectivity index (χ4v) is 2.89. The van der Waals surface area contributed by atoms with Gasteiger partial charge in [-0.05, 0) is 46.6 Å². The van der Waals surface area contributed by atoms with E-state index in [0.717, 1.165) is 16.9 Å². The molecule has 128 valence electrons. The third-order valence-corrected chi connectivity index (χ3v) is 4.92. The lowest BCUT2D eigenvalue weighted by atomic mass is 10.2. The predicted molar refractivity (Wildman–Crippen MR) is 104 cm³/mol. The summed E-state index contributed by atoms with van der Waals surface area (Å²) in [5.74, 6) is -0.308. The summed E-state index contributed by atoms with van der Waals surface area (Å²) in [5, 5.41) is 13.4. The van der Waals surface area contributed by atoms with Crippen LogP contribution >= 0.6 is 27.5 Å². The zero-order chi connectivity index (χ0) is 17.8. The molecule has 1 heterocycles. The first-order valence-corrected chi connectivity index (χ1v) is 8.81. The SMILES string of the molecule is Cc1[nH]nc(C(=O)Nc2ccc(NCc3ccccc3)c(Cl)c2)c1Br. The molecule has 5 nitrogen and oxygen atoms in total. The molecule has 3 aromatic rings. The van der Waals surface area contributed by atoms with Gasteiger partial charge in [-0.3, -0.25) is 9.89 Å². The van der Waals surface area contributed by atoms with Crippen LogP contribution in [-0.4, -0.2) is 16.1 Å². The molecule has 0 saturated carbocycles. The van der Waals surface area contributed by atoms with Crippen molar-refractivity contribution in [2.75, 3.05) is 10.6 Å². The number of hydrogen-bond donors (Lipinski definition) is 3. The highest BCUT2D eigenvalue weighted by molar-refractivity contribution is 9.10. The number of nitrogens with one attached hydrogen (secondary N) is 3. The minimum atomic E-state index is -0.308. The summed E-state index contributed by atoms with van der Waals surface area (Å²) in [4.78, 5) is 12.3. The molecule has 3 rings (SSSR count). The van der Waals surface area contributed by atoms with Crippen LogP contribution in [0, 0.1) is 6.92 Å². The summed E-state index contributed by atoms with van der Waals surface area (Å²) < 4.78 is 0.650. The van der Waals surface area contributed by atoms with Gasteiger partial charge in [-0.2, -0.15) is 5.10 Å². The molecule has 0 spiro atoms. The summed E-state index contributed by atoms with van der Waals surface area (Å²) in [6.07, 6.45) is 0. The van der Waals surface area contributed by atoms with Crippen LogP contribution in [0.1, 0.15) is 21.7 Å². The first-order valence-electron chi connectivity index (χ1n) is 7.64. The van der Waals surface area contributed by atoms with Crippen molar-refractivity contribution < 1.29 is 4.79 Å². The van der Waals surface area contributed by atoms with Crippen LogP contribution < -0.4 is 10.6 Å². The number of hydrogen-bond acceptors (Lipinski definition) is 3. The highest BCUT2D eigenvalue weighted by atomic mass is 79.9. The molecule has 0 aliphatic rings. The zero-order valence-electron chi connectivity index (χ0n) is 13.4. The van der Waals surface area contributed by atoms with E-state index in [9.17, 15) is 4.79 Å². The van der Waals surface area contributed by atoms with Gasteiger partial charge in [-0.1, -0.05) is 41.9 Å². The zero-order valence-corrected chi connectivity index (χ0v) is 15.8. The molecule has 25 heavy (non-hydrogen) atoms. The predicted octanol–water partition coefficient (Wildman–Crippen LogP) is 5.00. The topological polar surface area (TPSA) is 69.8 Å². The number of nitrogens with zero attached hydrogens (tertiary/aromatic N) is 1. The molecule has 2 aromatic carbocycles. The highest BCUT2D eigenvalue weighted by Crippen LogP contribution is 2.27. The Labute approximate surface area is 158 Å². The van der Waals surface area contributed by atoms with Crippen molar-refractivity contribution in [3.8, 4) is 0 Å². The molecule has 0 bridgehead atoms. The summed E-state index contributed by atoms with van der Waals surface area (Å²) in [7, 11) is 0. The maximum absolute atomic E-state index is 12.3. The molecule has 3 N–H and O–H groups in total. The molecule has 0 radical (unpaired) electrons. The van der Waals surface area contributed by atoms with Crippen LogP contribution in [0.4, 0.5) is 11.4 Å². The molecule has 0 aliphatic carbocycles. The van der Waals surface area contributed by atoms with E-state index in [2.05, 4.69) is 36.8 Å². The Morgan fingerprint density at radius 3 is 2.64 bits per heavy atom. The standard InChI is InChI=1S/C18H16BrClN4O/c1-11-16(19)17(24-23-11)18(25)22-13-7-8-15(14(20)9-13)21-10-12-5-3-2-4-6-12/h2-9,21H,10H2,1H3,(H,22,25)(H,23,24). The van der Waals surface area contributed by atoms with Crippen molar-refractivity contribution in [2.24, 2.45) is 0 Å². The van der Waals surface area contributed by atoms with E-state index >= 15 is 0 Å². The van der Waals surface area contributed by atoms with Gasteiger partial charge in [0.15, 0.2) is 5.69 Å². The monoisotopic (exact) mass is 418 g/mol. The Hall–Kier alpha value is -2.31. The largest absolute Gasteiger partial charge is 0.380 e. The van der Waals surface area contributed by atoms with E-state index in [0.29, 0.717) is 27.4 Å². The number of benzene rings is 2. The second-order valence-corrected chi connectivity index (χ2v) is 6.70. The van der Waals surface area contributed by atoms with Crippen molar-refractivity contribution >= 4 is 44.8 Å². The number of carbonyl (C=O) groups excluding carboxylic acids is 1. The Bertz CT molecular complexity index is 895. The third kappa shape index (κ3) is 4.21. The lowest BCUT2D eigenvalue weighted by molar-refractivity contribution is 0.102. The van der Waals surface area contributed by atoms with Crippen LogP contribution in [0.25, 0.3) is 0 Å². The van der Waals surface area contributed by atoms with Crippen LogP contribution in [-0.2, 0) is 6.54 Å². The fraction of sp³-hybridized carbons (Fsp3) is 0.111. The molecule has 0 saturated heterocycles. The quantitative estimate of drug-likeness (QED) is 0.545. The van der Waals surface area contributed by atoms with Gasteiger partial charge in [-0.25, -0.2) is 0 Å².